The van der Waals surface area contributed by atoms with Gasteiger partial charge in [0.15, 0.2) is 0 Å². The van der Waals surface area contributed by atoms with Crippen molar-refractivity contribution < 1.29 is 19.1 Å². The van der Waals surface area contributed by atoms with Crippen molar-refractivity contribution in [3.05, 3.63) is 24.3 Å². The molecule has 0 fully saturated rings. The largest absolute Gasteiger partial charge is 0.494 e. The summed E-state index contributed by atoms with van der Waals surface area (Å²) in [5, 5.41) is 4.93. The molecule has 6 nitrogen and oxygen atoms in total. The van der Waals surface area contributed by atoms with Crippen LogP contribution in [0.4, 0.5) is 5.69 Å². The minimum Gasteiger partial charge on any atom is -0.494 e. The van der Waals surface area contributed by atoms with E-state index in [9.17, 15) is 9.59 Å². The van der Waals surface area contributed by atoms with Crippen LogP contribution in [0.3, 0.4) is 0 Å². The van der Waals surface area contributed by atoms with Crippen LogP contribution in [0, 0.1) is 0 Å². The van der Waals surface area contributed by atoms with Crippen LogP contribution in [0.25, 0.3) is 0 Å². The standard InChI is InChI=1S/C13H18N2O4/c1-3-19-11-6-4-10(5-7-11)15-13(17)12(16)14-8-9-18-2/h4-7H,3,8-9H2,1-2H3,(H,14,16)(H,15,17). The number of carbonyl (C=O) groups is 2. The van der Waals surface area contributed by atoms with Crippen LogP contribution in [0.2, 0.25) is 0 Å². The first kappa shape index (κ1) is 15.0. The Kier molecular flexibility index (Phi) is 6.38. The number of anilines is 1. The molecule has 19 heavy (non-hydrogen) atoms. The molecule has 0 radical (unpaired) electrons. The quantitative estimate of drug-likeness (QED) is 0.589. The maximum Gasteiger partial charge on any atom is 0.313 e. The van der Waals surface area contributed by atoms with Gasteiger partial charge in [0.05, 0.1) is 13.2 Å². The Balaban J connectivity index is 2.45. The summed E-state index contributed by atoms with van der Waals surface area (Å²) in [4.78, 5) is 22.9. The third-order valence-electron chi connectivity index (χ3n) is 2.22. The monoisotopic (exact) mass is 266 g/mol. The highest BCUT2D eigenvalue weighted by Gasteiger charge is 2.12. The van der Waals surface area contributed by atoms with Crippen molar-refractivity contribution in [2.24, 2.45) is 0 Å². The van der Waals surface area contributed by atoms with Gasteiger partial charge in [-0.05, 0) is 31.2 Å². The van der Waals surface area contributed by atoms with Crippen LogP contribution < -0.4 is 15.4 Å². The van der Waals surface area contributed by atoms with E-state index in [0.29, 0.717) is 31.2 Å². The Morgan fingerprint density at radius 3 is 2.42 bits per heavy atom. The second kappa shape index (κ2) is 8.10. The van der Waals surface area contributed by atoms with E-state index in [1.165, 1.54) is 7.11 Å². The van der Waals surface area contributed by atoms with Crippen LogP contribution in [0.5, 0.6) is 5.75 Å². The second-order valence-electron chi connectivity index (χ2n) is 3.66. The van der Waals surface area contributed by atoms with E-state index in [2.05, 4.69) is 10.6 Å². The minimum atomic E-state index is -0.708. The molecule has 0 saturated carbocycles. The predicted molar refractivity (Wildman–Crippen MR) is 71.1 cm³/mol. The molecule has 0 saturated heterocycles. The molecule has 2 amide bonds. The van der Waals surface area contributed by atoms with Crippen molar-refractivity contribution in [2.75, 3.05) is 32.2 Å². The molecule has 0 heterocycles. The van der Waals surface area contributed by atoms with E-state index in [-0.39, 0.29) is 0 Å². The van der Waals surface area contributed by atoms with Crippen molar-refractivity contribution in [1.29, 1.82) is 0 Å². The molecule has 0 spiro atoms. The summed E-state index contributed by atoms with van der Waals surface area (Å²) in [6.45, 7) is 3.13. The summed E-state index contributed by atoms with van der Waals surface area (Å²) in [5.74, 6) is -0.684. The van der Waals surface area contributed by atoms with Gasteiger partial charge in [-0.2, -0.15) is 0 Å². The van der Waals surface area contributed by atoms with Crippen molar-refractivity contribution in [3.63, 3.8) is 0 Å². The zero-order chi connectivity index (χ0) is 14.1. The number of rotatable bonds is 6. The number of carbonyl (C=O) groups excluding carboxylic acids is 2. The van der Waals surface area contributed by atoms with Crippen molar-refractivity contribution in [1.82, 2.24) is 5.32 Å². The van der Waals surface area contributed by atoms with E-state index in [1.807, 2.05) is 6.92 Å². The van der Waals surface area contributed by atoms with Crippen molar-refractivity contribution >= 4 is 17.5 Å². The van der Waals surface area contributed by atoms with Crippen molar-refractivity contribution in [2.45, 2.75) is 6.92 Å². The Labute approximate surface area is 112 Å². The highest BCUT2D eigenvalue weighted by atomic mass is 16.5. The molecule has 0 atom stereocenters. The summed E-state index contributed by atoms with van der Waals surface area (Å²) < 4.78 is 10.0. The topological polar surface area (TPSA) is 76.7 Å². The first-order chi connectivity index (χ1) is 9.17. The third-order valence-corrected chi connectivity index (χ3v) is 2.22. The molecule has 0 aliphatic heterocycles. The van der Waals surface area contributed by atoms with Gasteiger partial charge in [0.1, 0.15) is 5.75 Å². The second-order valence-corrected chi connectivity index (χ2v) is 3.66. The van der Waals surface area contributed by atoms with Crippen LogP contribution >= 0.6 is 0 Å². The van der Waals surface area contributed by atoms with Crippen molar-refractivity contribution in [3.8, 4) is 5.75 Å². The average molecular weight is 266 g/mol. The molecule has 0 unspecified atom stereocenters. The number of amides is 2. The molecule has 0 aliphatic carbocycles. The molecule has 1 aromatic carbocycles. The highest BCUT2D eigenvalue weighted by Crippen LogP contribution is 2.15. The van der Waals surface area contributed by atoms with E-state index in [1.54, 1.807) is 24.3 Å². The maximum atomic E-state index is 11.5. The fourth-order valence-corrected chi connectivity index (χ4v) is 1.34. The Bertz CT molecular complexity index is 417. The van der Waals surface area contributed by atoms with Gasteiger partial charge in [-0.3, -0.25) is 9.59 Å². The Morgan fingerprint density at radius 1 is 1.16 bits per heavy atom. The fraction of sp³-hybridized carbons (Fsp3) is 0.385. The number of hydrogen-bond donors (Lipinski definition) is 2. The number of ether oxygens (including phenoxy) is 2. The molecule has 0 aromatic heterocycles. The normalized spacial score (nSPS) is 9.79. The lowest BCUT2D eigenvalue weighted by Gasteiger charge is -2.07. The zero-order valence-corrected chi connectivity index (χ0v) is 11.1. The molecule has 1 rings (SSSR count). The SMILES string of the molecule is CCOc1ccc(NC(=O)C(=O)NCCOC)cc1. The first-order valence-electron chi connectivity index (χ1n) is 5.98. The van der Waals surface area contributed by atoms with Gasteiger partial charge in [0, 0.05) is 19.3 Å². The van der Waals surface area contributed by atoms with E-state index in [4.69, 9.17) is 9.47 Å². The van der Waals surface area contributed by atoms with E-state index >= 15 is 0 Å². The highest BCUT2D eigenvalue weighted by molar-refractivity contribution is 6.39. The maximum absolute atomic E-state index is 11.5. The number of nitrogens with one attached hydrogen (secondary N) is 2. The van der Waals surface area contributed by atoms with Gasteiger partial charge < -0.3 is 20.1 Å². The molecular formula is C13H18N2O4. The average Bonchev–Trinajstić information content (AvgIpc) is 2.41. The van der Waals surface area contributed by atoms with Crippen LogP contribution in [0.1, 0.15) is 6.92 Å². The van der Waals surface area contributed by atoms with Gasteiger partial charge in [-0.1, -0.05) is 0 Å². The van der Waals surface area contributed by atoms with Crippen LogP contribution in [-0.4, -0.2) is 38.7 Å². The van der Waals surface area contributed by atoms with Crippen LogP contribution in [0.15, 0.2) is 24.3 Å². The molecule has 0 bridgehead atoms. The van der Waals surface area contributed by atoms with E-state index in [0.717, 1.165) is 0 Å². The lowest BCUT2D eigenvalue weighted by molar-refractivity contribution is -0.136. The van der Waals surface area contributed by atoms with Gasteiger partial charge in [-0.15, -0.1) is 0 Å². The Hall–Kier alpha value is -2.08. The third kappa shape index (κ3) is 5.39. The number of methoxy groups -OCH3 is 1. The first-order valence-corrected chi connectivity index (χ1v) is 5.98. The molecule has 1 aromatic rings. The molecule has 6 heteroatoms. The van der Waals surface area contributed by atoms with Gasteiger partial charge in [0.2, 0.25) is 0 Å². The van der Waals surface area contributed by atoms with Gasteiger partial charge in [-0.25, -0.2) is 0 Å². The van der Waals surface area contributed by atoms with Gasteiger partial charge in [0.25, 0.3) is 0 Å². The Morgan fingerprint density at radius 2 is 1.84 bits per heavy atom. The minimum absolute atomic E-state index is 0.298. The molecule has 0 aliphatic rings. The number of hydrogen-bond acceptors (Lipinski definition) is 4. The zero-order valence-electron chi connectivity index (χ0n) is 11.1. The van der Waals surface area contributed by atoms with Gasteiger partial charge >= 0.3 is 11.8 Å². The molecule has 104 valence electrons. The smallest absolute Gasteiger partial charge is 0.313 e. The summed E-state index contributed by atoms with van der Waals surface area (Å²) >= 11 is 0. The lowest BCUT2D eigenvalue weighted by Crippen LogP contribution is -2.37. The van der Waals surface area contributed by atoms with E-state index < -0.39 is 11.8 Å². The summed E-state index contributed by atoms with van der Waals surface area (Å²) in [6, 6.07) is 6.79. The lowest BCUT2D eigenvalue weighted by atomic mass is 10.3. The fourth-order valence-electron chi connectivity index (χ4n) is 1.34. The molecule has 2 N–H and O–H groups in total. The number of benzene rings is 1. The molecular weight excluding hydrogens is 248 g/mol. The summed E-state index contributed by atoms with van der Waals surface area (Å²) in [5.41, 5.74) is 0.537. The predicted octanol–water partition coefficient (Wildman–Crippen LogP) is 0.786. The van der Waals surface area contributed by atoms with Crippen LogP contribution in [-0.2, 0) is 14.3 Å². The summed E-state index contributed by atoms with van der Waals surface area (Å²) in [7, 11) is 1.52. The summed E-state index contributed by atoms with van der Waals surface area (Å²) in [6.07, 6.45) is 0.